The monoisotopic (exact) mass is 378 g/mol. The highest BCUT2D eigenvalue weighted by molar-refractivity contribution is 5.79. The molecule has 0 fully saturated rings. The van der Waals surface area contributed by atoms with Gasteiger partial charge in [-0.3, -0.25) is 0 Å². The van der Waals surface area contributed by atoms with Crippen molar-refractivity contribution in [3.8, 4) is 17.1 Å². The van der Waals surface area contributed by atoms with E-state index in [0.717, 1.165) is 39.5 Å². The summed E-state index contributed by atoms with van der Waals surface area (Å²) in [6.45, 7) is 1.95. The van der Waals surface area contributed by atoms with Gasteiger partial charge in [0.25, 0.3) is 0 Å². The van der Waals surface area contributed by atoms with Gasteiger partial charge in [-0.05, 0) is 37.3 Å². The molecule has 5 aromatic rings. The molecule has 0 aliphatic carbocycles. The summed E-state index contributed by atoms with van der Waals surface area (Å²) in [5.41, 5.74) is 3.68. The zero-order chi connectivity index (χ0) is 19.6. The van der Waals surface area contributed by atoms with E-state index in [1.54, 1.807) is 4.68 Å². The number of nitrogens with zero attached hydrogens (tertiary/aromatic N) is 5. The van der Waals surface area contributed by atoms with Crippen molar-refractivity contribution in [1.29, 1.82) is 0 Å². The minimum atomic E-state index is 0.645. The Bertz CT molecular complexity index is 1280. The maximum Gasteiger partial charge on any atom is 0.156 e. The number of hydrogen-bond acceptors (Lipinski definition) is 5. The van der Waals surface area contributed by atoms with Crippen molar-refractivity contribution < 1.29 is 0 Å². The van der Waals surface area contributed by atoms with Crippen molar-refractivity contribution in [1.82, 2.24) is 25.0 Å². The van der Waals surface area contributed by atoms with E-state index >= 15 is 0 Å². The van der Waals surface area contributed by atoms with E-state index in [4.69, 9.17) is 4.98 Å². The zero-order valence-electron chi connectivity index (χ0n) is 15.8. The third kappa shape index (κ3) is 3.43. The molecule has 0 saturated carbocycles. The van der Waals surface area contributed by atoms with Gasteiger partial charge >= 0.3 is 0 Å². The number of fused-ring (bicyclic) bond motifs is 1. The molecule has 0 radical (unpaired) electrons. The Morgan fingerprint density at radius 3 is 2.45 bits per heavy atom. The lowest BCUT2D eigenvalue weighted by Gasteiger charge is -2.09. The smallest absolute Gasteiger partial charge is 0.156 e. The van der Waals surface area contributed by atoms with Crippen molar-refractivity contribution in [3.63, 3.8) is 0 Å². The van der Waals surface area contributed by atoms with Gasteiger partial charge in [0.05, 0.1) is 16.9 Å². The van der Waals surface area contributed by atoms with Crippen LogP contribution in [0.5, 0.6) is 0 Å². The molecule has 0 amide bonds. The average Bonchev–Trinajstić information content (AvgIpc) is 3.14. The van der Waals surface area contributed by atoms with E-state index in [0.29, 0.717) is 5.82 Å². The first-order valence-electron chi connectivity index (χ1n) is 9.35. The Labute approximate surface area is 167 Å². The number of aromatic nitrogens is 5. The van der Waals surface area contributed by atoms with Crippen LogP contribution in [0.2, 0.25) is 0 Å². The van der Waals surface area contributed by atoms with Crippen molar-refractivity contribution in [2.45, 2.75) is 6.92 Å². The van der Waals surface area contributed by atoms with Crippen LogP contribution < -0.4 is 5.32 Å². The van der Waals surface area contributed by atoms with Crippen LogP contribution >= 0.6 is 0 Å². The lowest BCUT2D eigenvalue weighted by molar-refractivity contribution is 0.842. The van der Waals surface area contributed by atoms with Gasteiger partial charge < -0.3 is 5.32 Å². The summed E-state index contributed by atoms with van der Waals surface area (Å²) in [5, 5.41) is 17.7. The maximum absolute atomic E-state index is 4.74. The lowest BCUT2D eigenvalue weighted by atomic mass is 10.1. The molecule has 29 heavy (non-hydrogen) atoms. The molecular formula is C23H18N6. The fourth-order valence-electron chi connectivity index (χ4n) is 3.23. The van der Waals surface area contributed by atoms with E-state index in [1.807, 2.05) is 91.9 Å². The van der Waals surface area contributed by atoms with Crippen LogP contribution in [-0.4, -0.2) is 25.0 Å². The number of anilines is 2. The Morgan fingerprint density at radius 1 is 0.793 bits per heavy atom. The number of pyridine rings is 1. The van der Waals surface area contributed by atoms with Crippen LogP contribution in [-0.2, 0) is 0 Å². The maximum atomic E-state index is 4.74. The van der Waals surface area contributed by atoms with E-state index in [-0.39, 0.29) is 0 Å². The molecule has 0 spiro atoms. The highest BCUT2D eigenvalue weighted by Gasteiger charge is 2.11. The highest BCUT2D eigenvalue weighted by Crippen LogP contribution is 2.22. The van der Waals surface area contributed by atoms with Crippen LogP contribution in [0.4, 0.5) is 11.6 Å². The molecule has 0 atom stereocenters. The fraction of sp³-hybridized carbons (Fsp3) is 0.0435. The van der Waals surface area contributed by atoms with Crippen molar-refractivity contribution >= 4 is 22.5 Å². The van der Waals surface area contributed by atoms with E-state index < -0.39 is 0 Å². The molecule has 0 unspecified atom stereocenters. The summed E-state index contributed by atoms with van der Waals surface area (Å²) in [6.07, 6.45) is 0. The Kier molecular flexibility index (Phi) is 4.22. The summed E-state index contributed by atoms with van der Waals surface area (Å²) in [4.78, 5) is 4.74. The van der Waals surface area contributed by atoms with Gasteiger partial charge in [0.1, 0.15) is 5.82 Å². The van der Waals surface area contributed by atoms with Crippen molar-refractivity contribution in [3.05, 3.63) is 90.6 Å². The van der Waals surface area contributed by atoms with Gasteiger partial charge in [-0.1, -0.05) is 48.5 Å². The SMILES string of the molecule is Cc1cc(Nc2ccc(-c3ccccc3)nn2)n(-c2ccc3ccccc3n2)n1. The Balaban J connectivity index is 1.46. The number of aryl methyl sites for hydroxylation is 1. The molecule has 0 aliphatic rings. The third-order valence-electron chi connectivity index (χ3n) is 4.62. The first-order valence-corrected chi connectivity index (χ1v) is 9.35. The molecule has 3 heterocycles. The summed E-state index contributed by atoms with van der Waals surface area (Å²) >= 11 is 0. The number of benzene rings is 2. The van der Waals surface area contributed by atoms with Crippen LogP contribution in [0.15, 0.2) is 84.9 Å². The minimum absolute atomic E-state index is 0.645. The summed E-state index contributed by atoms with van der Waals surface area (Å²) < 4.78 is 1.79. The normalized spacial score (nSPS) is 10.9. The van der Waals surface area contributed by atoms with Crippen LogP contribution in [0.1, 0.15) is 5.69 Å². The quantitative estimate of drug-likeness (QED) is 0.480. The van der Waals surface area contributed by atoms with E-state index in [9.17, 15) is 0 Å². The third-order valence-corrected chi connectivity index (χ3v) is 4.62. The number of para-hydroxylation sites is 1. The molecule has 0 saturated heterocycles. The first-order chi connectivity index (χ1) is 14.3. The molecule has 6 nitrogen and oxygen atoms in total. The van der Waals surface area contributed by atoms with Crippen LogP contribution in [0.3, 0.4) is 0 Å². The van der Waals surface area contributed by atoms with Gasteiger partial charge in [-0.15, -0.1) is 10.2 Å². The second-order valence-electron chi connectivity index (χ2n) is 6.74. The van der Waals surface area contributed by atoms with Gasteiger partial charge in [0, 0.05) is 17.0 Å². The lowest BCUT2D eigenvalue weighted by Crippen LogP contribution is -2.06. The van der Waals surface area contributed by atoms with E-state index in [1.165, 1.54) is 0 Å². The molecular weight excluding hydrogens is 360 g/mol. The standard InChI is InChI=1S/C23H18N6/c1-16-15-23(25-21-13-12-20(26-27-21)17-7-3-2-4-8-17)29(28-16)22-14-11-18-9-5-6-10-19(18)24-22/h2-15H,1H3,(H,25,27). The van der Waals surface area contributed by atoms with Gasteiger partial charge in [0.15, 0.2) is 11.6 Å². The summed E-state index contributed by atoms with van der Waals surface area (Å²) in [5.74, 6) is 2.17. The molecule has 0 aliphatic heterocycles. The Morgan fingerprint density at radius 2 is 1.62 bits per heavy atom. The van der Waals surface area contributed by atoms with Crippen LogP contribution in [0.25, 0.3) is 28.0 Å². The second kappa shape index (κ2) is 7.16. The van der Waals surface area contributed by atoms with Crippen LogP contribution in [0, 0.1) is 6.92 Å². The van der Waals surface area contributed by atoms with E-state index in [2.05, 4.69) is 20.6 Å². The largest absolute Gasteiger partial charge is 0.323 e. The number of nitrogens with one attached hydrogen (secondary N) is 1. The molecule has 0 bridgehead atoms. The average molecular weight is 378 g/mol. The van der Waals surface area contributed by atoms with Gasteiger partial charge in [0.2, 0.25) is 0 Å². The topological polar surface area (TPSA) is 68.5 Å². The fourth-order valence-corrected chi connectivity index (χ4v) is 3.23. The molecule has 5 rings (SSSR count). The zero-order valence-corrected chi connectivity index (χ0v) is 15.8. The van der Waals surface area contributed by atoms with Gasteiger partial charge in [-0.2, -0.15) is 9.78 Å². The number of rotatable bonds is 4. The second-order valence-corrected chi connectivity index (χ2v) is 6.74. The van der Waals surface area contributed by atoms with Gasteiger partial charge in [-0.25, -0.2) is 4.98 Å². The number of hydrogen-bond donors (Lipinski definition) is 1. The predicted molar refractivity (Wildman–Crippen MR) is 114 cm³/mol. The van der Waals surface area contributed by atoms with Crippen molar-refractivity contribution in [2.75, 3.05) is 5.32 Å². The first kappa shape index (κ1) is 17.1. The summed E-state index contributed by atoms with van der Waals surface area (Å²) in [7, 11) is 0. The molecule has 1 N–H and O–H groups in total. The summed E-state index contributed by atoms with van der Waals surface area (Å²) in [6, 6.07) is 27.9. The molecule has 2 aromatic carbocycles. The molecule has 6 heteroatoms. The molecule has 3 aromatic heterocycles. The molecule has 140 valence electrons. The Hall–Kier alpha value is -4.06. The minimum Gasteiger partial charge on any atom is -0.323 e. The highest BCUT2D eigenvalue weighted by atomic mass is 15.4. The van der Waals surface area contributed by atoms with Crippen molar-refractivity contribution in [2.24, 2.45) is 0 Å². The predicted octanol–water partition coefficient (Wildman–Crippen LogP) is 4.93.